The molecule has 4 rings (SSSR count). The highest BCUT2D eigenvalue weighted by molar-refractivity contribution is 5.90. The second-order valence-electron chi connectivity index (χ2n) is 7.83. The molecule has 0 bridgehead atoms. The third-order valence-electron chi connectivity index (χ3n) is 5.78. The van der Waals surface area contributed by atoms with Crippen LogP contribution in [0.3, 0.4) is 0 Å². The molecular formula is C24H27N3O2. The number of nitrogens with zero attached hydrogens (tertiary/aromatic N) is 1. The Morgan fingerprint density at radius 3 is 2.83 bits per heavy atom. The number of piperidine rings is 1. The molecule has 1 unspecified atom stereocenters. The van der Waals surface area contributed by atoms with E-state index >= 15 is 0 Å². The number of H-pyrrole nitrogens is 1. The summed E-state index contributed by atoms with van der Waals surface area (Å²) in [5.41, 5.74) is 7.80. The van der Waals surface area contributed by atoms with Gasteiger partial charge in [0, 0.05) is 35.8 Å². The van der Waals surface area contributed by atoms with Crippen molar-refractivity contribution in [1.29, 1.82) is 0 Å². The molecule has 0 radical (unpaired) electrons. The lowest BCUT2D eigenvalue weighted by atomic mass is 9.88. The second kappa shape index (κ2) is 8.64. The van der Waals surface area contributed by atoms with Crippen molar-refractivity contribution in [2.45, 2.75) is 32.2 Å². The zero-order valence-corrected chi connectivity index (χ0v) is 16.7. The number of aromatic amines is 1. The van der Waals surface area contributed by atoms with E-state index in [0.29, 0.717) is 5.92 Å². The SMILES string of the molecule is Cc1[nH]c2ccccc2c1C1CCCN(Cc2ccc(/C=C/C(=O)NO)cc2)C1. The zero-order chi connectivity index (χ0) is 20.2. The number of hydrogen-bond donors (Lipinski definition) is 3. The van der Waals surface area contributed by atoms with Gasteiger partial charge in [-0.05, 0) is 61.1 Å². The molecular weight excluding hydrogens is 362 g/mol. The Balaban J connectivity index is 1.44. The highest BCUT2D eigenvalue weighted by Crippen LogP contribution is 2.35. The van der Waals surface area contributed by atoms with Gasteiger partial charge in [-0.2, -0.15) is 0 Å². The van der Waals surface area contributed by atoms with Crippen molar-refractivity contribution in [3.63, 3.8) is 0 Å². The number of benzene rings is 2. The van der Waals surface area contributed by atoms with E-state index in [9.17, 15) is 4.79 Å². The summed E-state index contributed by atoms with van der Waals surface area (Å²) in [7, 11) is 0. The fourth-order valence-electron chi connectivity index (χ4n) is 4.46. The quantitative estimate of drug-likeness (QED) is 0.345. The predicted molar refractivity (Wildman–Crippen MR) is 116 cm³/mol. The highest BCUT2D eigenvalue weighted by Gasteiger charge is 2.25. The van der Waals surface area contributed by atoms with Gasteiger partial charge in [-0.3, -0.25) is 14.9 Å². The van der Waals surface area contributed by atoms with Crippen molar-refractivity contribution >= 4 is 22.9 Å². The van der Waals surface area contributed by atoms with Gasteiger partial charge in [-0.25, -0.2) is 5.48 Å². The predicted octanol–water partition coefficient (Wildman–Crippen LogP) is 4.37. The van der Waals surface area contributed by atoms with Crippen LogP contribution in [0, 0.1) is 6.92 Å². The first-order valence-electron chi connectivity index (χ1n) is 10.1. The summed E-state index contributed by atoms with van der Waals surface area (Å²) in [6.45, 7) is 5.31. The van der Waals surface area contributed by atoms with Gasteiger partial charge in [0.05, 0.1) is 0 Å². The fraction of sp³-hybridized carbons (Fsp3) is 0.292. The van der Waals surface area contributed by atoms with Gasteiger partial charge in [0.15, 0.2) is 0 Å². The van der Waals surface area contributed by atoms with Crippen molar-refractivity contribution in [3.8, 4) is 0 Å². The molecule has 3 aromatic rings. The molecule has 5 heteroatoms. The lowest BCUT2D eigenvalue weighted by Gasteiger charge is -2.33. The van der Waals surface area contributed by atoms with Gasteiger partial charge in [-0.1, -0.05) is 42.5 Å². The number of amides is 1. The van der Waals surface area contributed by atoms with E-state index in [0.717, 1.165) is 25.2 Å². The summed E-state index contributed by atoms with van der Waals surface area (Å²) in [6, 6.07) is 16.8. The van der Waals surface area contributed by atoms with Crippen LogP contribution >= 0.6 is 0 Å². The molecule has 3 N–H and O–H groups in total. The first-order chi connectivity index (χ1) is 14.1. The van der Waals surface area contributed by atoms with Crippen LogP contribution in [0.25, 0.3) is 17.0 Å². The molecule has 1 aliphatic heterocycles. The summed E-state index contributed by atoms with van der Waals surface area (Å²) in [5, 5.41) is 9.91. The highest BCUT2D eigenvalue weighted by atomic mass is 16.5. The Labute approximate surface area is 171 Å². The maximum Gasteiger partial charge on any atom is 0.267 e. The molecule has 5 nitrogen and oxygen atoms in total. The van der Waals surface area contributed by atoms with E-state index in [-0.39, 0.29) is 0 Å². The van der Waals surface area contributed by atoms with Crippen LogP contribution in [0.1, 0.15) is 41.1 Å². The molecule has 1 fully saturated rings. The van der Waals surface area contributed by atoms with E-state index in [1.807, 2.05) is 12.1 Å². The van der Waals surface area contributed by atoms with Crippen LogP contribution in [-0.2, 0) is 11.3 Å². The fourth-order valence-corrected chi connectivity index (χ4v) is 4.46. The first kappa shape index (κ1) is 19.4. The summed E-state index contributed by atoms with van der Waals surface area (Å²) in [6.07, 6.45) is 5.44. The van der Waals surface area contributed by atoms with Gasteiger partial charge >= 0.3 is 0 Å². The number of carbonyl (C=O) groups is 1. The summed E-state index contributed by atoms with van der Waals surface area (Å²) < 4.78 is 0. The average molecular weight is 389 g/mol. The maximum atomic E-state index is 11.1. The molecule has 1 amide bonds. The molecule has 1 atom stereocenters. The maximum absolute atomic E-state index is 11.1. The van der Waals surface area contributed by atoms with Crippen LogP contribution < -0.4 is 5.48 Å². The van der Waals surface area contributed by atoms with E-state index < -0.39 is 5.91 Å². The largest absolute Gasteiger partial charge is 0.358 e. The van der Waals surface area contributed by atoms with Crippen molar-refractivity contribution in [2.24, 2.45) is 0 Å². The first-order valence-corrected chi connectivity index (χ1v) is 10.1. The van der Waals surface area contributed by atoms with Crippen molar-refractivity contribution in [2.75, 3.05) is 13.1 Å². The van der Waals surface area contributed by atoms with Gasteiger partial charge in [0.2, 0.25) is 0 Å². The van der Waals surface area contributed by atoms with Gasteiger partial charge in [0.25, 0.3) is 5.91 Å². The lowest BCUT2D eigenvalue weighted by molar-refractivity contribution is -0.124. The molecule has 1 aromatic heterocycles. The van der Waals surface area contributed by atoms with Crippen LogP contribution in [0.2, 0.25) is 0 Å². The van der Waals surface area contributed by atoms with E-state index in [4.69, 9.17) is 5.21 Å². The third kappa shape index (κ3) is 4.42. The second-order valence-corrected chi connectivity index (χ2v) is 7.83. The number of likely N-dealkylation sites (tertiary alicyclic amines) is 1. The topological polar surface area (TPSA) is 68.4 Å². The standard InChI is InChI=1S/C24H27N3O2/c1-17-24(21-6-2-3-7-22(21)25-17)20-5-4-14-27(16-20)15-19-10-8-18(9-11-19)12-13-23(28)26-29/h2-3,6-13,20,25,29H,4-5,14-16H2,1H3,(H,26,28)/b13-12+. The van der Waals surface area contributed by atoms with Crippen molar-refractivity contribution in [3.05, 3.63) is 77.0 Å². The van der Waals surface area contributed by atoms with Crippen LogP contribution in [0.5, 0.6) is 0 Å². The number of aromatic nitrogens is 1. The third-order valence-corrected chi connectivity index (χ3v) is 5.78. The van der Waals surface area contributed by atoms with Gasteiger partial charge in [0.1, 0.15) is 0 Å². The van der Waals surface area contributed by atoms with Crippen LogP contribution in [0.15, 0.2) is 54.6 Å². The Morgan fingerprint density at radius 2 is 2.03 bits per heavy atom. The molecule has 2 heterocycles. The van der Waals surface area contributed by atoms with Gasteiger partial charge < -0.3 is 4.98 Å². The molecule has 29 heavy (non-hydrogen) atoms. The van der Waals surface area contributed by atoms with E-state index in [1.165, 1.54) is 46.6 Å². The summed E-state index contributed by atoms with van der Waals surface area (Å²) >= 11 is 0. The van der Waals surface area contributed by atoms with Gasteiger partial charge in [-0.15, -0.1) is 0 Å². The minimum absolute atomic E-state index is 0.527. The molecule has 1 aliphatic rings. The Kier molecular flexibility index (Phi) is 5.79. The minimum atomic E-state index is -0.527. The number of hydrogen-bond acceptors (Lipinski definition) is 3. The molecule has 2 aromatic carbocycles. The Hall–Kier alpha value is -2.89. The molecule has 150 valence electrons. The Bertz CT molecular complexity index is 1020. The number of fused-ring (bicyclic) bond motifs is 1. The van der Waals surface area contributed by atoms with Crippen molar-refractivity contribution in [1.82, 2.24) is 15.4 Å². The van der Waals surface area contributed by atoms with E-state index in [2.05, 4.69) is 53.2 Å². The Morgan fingerprint density at radius 1 is 1.24 bits per heavy atom. The molecule has 0 saturated carbocycles. The molecule has 0 spiro atoms. The van der Waals surface area contributed by atoms with Crippen molar-refractivity contribution < 1.29 is 10.0 Å². The average Bonchev–Trinajstić information content (AvgIpc) is 3.09. The lowest BCUT2D eigenvalue weighted by Crippen LogP contribution is -2.34. The van der Waals surface area contributed by atoms with Crippen LogP contribution in [0.4, 0.5) is 0 Å². The summed E-state index contributed by atoms with van der Waals surface area (Å²) in [4.78, 5) is 17.2. The number of carbonyl (C=O) groups excluding carboxylic acids is 1. The number of para-hydroxylation sites is 1. The van der Waals surface area contributed by atoms with E-state index in [1.54, 1.807) is 11.6 Å². The normalized spacial score (nSPS) is 17.8. The molecule has 0 aliphatic carbocycles. The minimum Gasteiger partial charge on any atom is -0.358 e. The summed E-state index contributed by atoms with van der Waals surface area (Å²) in [5.74, 6) is 0.0279. The molecule has 1 saturated heterocycles. The van der Waals surface area contributed by atoms with Crippen LogP contribution in [-0.4, -0.2) is 34.1 Å². The number of hydroxylamine groups is 1. The zero-order valence-electron chi connectivity index (χ0n) is 16.7. The number of rotatable bonds is 5. The number of nitrogens with one attached hydrogen (secondary N) is 2. The number of aryl methyl sites for hydroxylation is 1. The monoisotopic (exact) mass is 389 g/mol. The smallest absolute Gasteiger partial charge is 0.267 e.